The standard InChI is InChI=1S/C11H13BrO2S/c1-3-14-11(13)8-6-5-7-9(10(8)12)15-4-2/h5-7H,3-4H2,1-2H3. The van der Waals surface area contributed by atoms with Gasteiger partial charge in [-0.1, -0.05) is 13.0 Å². The van der Waals surface area contributed by atoms with Gasteiger partial charge in [0.2, 0.25) is 0 Å². The fourth-order valence-corrected chi connectivity index (χ4v) is 2.64. The van der Waals surface area contributed by atoms with Crippen molar-refractivity contribution in [1.29, 1.82) is 0 Å². The summed E-state index contributed by atoms with van der Waals surface area (Å²) < 4.78 is 5.79. The number of carbonyl (C=O) groups is 1. The van der Waals surface area contributed by atoms with Gasteiger partial charge >= 0.3 is 5.97 Å². The van der Waals surface area contributed by atoms with Crippen LogP contribution in [0.4, 0.5) is 0 Å². The van der Waals surface area contributed by atoms with Gasteiger partial charge < -0.3 is 4.74 Å². The Kier molecular flexibility index (Phi) is 5.19. The van der Waals surface area contributed by atoms with Crippen LogP contribution in [-0.2, 0) is 4.74 Å². The molecule has 0 heterocycles. The highest BCUT2D eigenvalue weighted by atomic mass is 79.9. The van der Waals surface area contributed by atoms with Crippen LogP contribution in [0.2, 0.25) is 0 Å². The fraction of sp³-hybridized carbons (Fsp3) is 0.364. The highest BCUT2D eigenvalue weighted by molar-refractivity contribution is 9.10. The molecule has 0 spiro atoms. The molecule has 1 rings (SSSR count). The molecule has 0 aliphatic heterocycles. The van der Waals surface area contributed by atoms with E-state index in [0.29, 0.717) is 12.2 Å². The summed E-state index contributed by atoms with van der Waals surface area (Å²) in [5.74, 6) is 0.702. The molecular weight excluding hydrogens is 276 g/mol. The van der Waals surface area contributed by atoms with E-state index in [1.165, 1.54) is 0 Å². The van der Waals surface area contributed by atoms with E-state index in [1.807, 2.05) is 12.1 Å². The zero-order valence-electron chi connectivity index (χ0n) is 8.75. The Hall–Kier alpha value is -0.480. The Labute approximate surface area is 103 Å². The fourth-order valence-electron chi connectivity index (χ4n) is 1.14. The van der Waals surface area contributed by atoms with Crippen molar-refractivity contribution >= 4 is 33.7 Å². The van der Waals surface area contributed by atoms with Gasteiger partial charge in [-0.05, 0) is 40.7 Å². The van der Waals surface area contributed by atoms with Gasteiger partial charge in [0.1, 0.15) is 0 Å². The molecule has 0 aromatic heterocycles. The van der Waals surface area contributed by atoms with Crippen LogP contribution in [0.1, 0.15) is 24.2 Å². The summed E-state index contributed by atoms with van der Waals surface area (Å²) >= 11 is 5.13. The minimum Gasteiger partial charge on any atom is -0.462 e. The van der Waals surface area contributed by atoms with Gasteiger partial charge in [0.15, 0.2) is 0 Å². The quantitative estimate of drug-likeness (QED) is 0.624. The Balaban J connectivity index is 2.98. The van der Waals surface area contributed by atoms with Gasteiger partial charge in [0.25, 0.3) is 0 Å². The maximum absolute atomic E-state index is 11.6. The summed E-state index contributed by atoms with van der Waals surface area (Å²) in [7, 11) is 0. The average Bonchev–Trinajstić information content (AvgIpc) is 2.22. The maximum Gasteiger partial charge on any atom is 0.339 e. The van der Waals surface area contributed by atoms with E-state index in [4.69, 9.17) is 4.74 Å². The molecule has 0 amide bonds. The van der Waals surface area contributed by atoms with Crippen LogP contribution in [0.3, 0.4) is 0 Å². The van der Waals surface area contributed by atoms with Crippen molar-refractivity contribution < 1.29 is 9.53 Å². The van der Waals surface area contributed by atoms with Gasteiger partial charge in [-0.2, -0.15) is 0 Å². The molecule has 2 nitrogen and oxygen atoms in total. The smallest absolute Gasteiger partial charge is 0.339 e. The average molecular weight is 289 g/mol. The first-order valence-electron chi connectivity index (χ1n) is 4.79. The molecule has 0 aliphatic rings. The lowest BCUT2D eigenvalue weighted by Crippen LogP contribution is -2.05. The molecule has 0 atom stereocenters. The van der Waals surface area contributed by atoms with Crippen LogP contribution in [0.15, 0.2) is 27.6 Å². The van der Waals surface area contributed by atoms with E-state index in [9.17, 15) is 4.79 Å². The highest BCUT2D eigenvalue weighted by Gasteiger charge is 2.13. The Morgan fingerprint density at radius 2 is 2.20 bits per heavy atom. The molecule has 0 unspecified atom stereocenters. The third-order valence-electron chi connectivity index (χ3n) is 1.76. The van der Waals surface area contributed by atoms with Gasteiger partial charge in [-0.25, -0.2) is 4.79 Å². The number of hydrogen-bond donors (Lipinski definition) is 0. The molecule has 1 aromatic rings. The van der Waals surface area contributed by atoms with Gasteiger partial charge in [0.05, 0.1) is 12.2 Å². The number of halogens is 1. The number of carbonyl (C=O) groups excluding carboxylic acids is 1. The zero-order chi connectivity index (χ0) is 11.3. The van der Waals surface area contributed by atoms with Gasteiger partial charge in [-0.3, -0.25) is 0 Å². The van der Waals surface area contributed by atoms with Crippen LogP contribution in [0.25, 0.3) is 0 Å². The lowest BCUT2D eigenvalue weighted by Gasteiger charge is -2.07. The van der Waals surface area contributed by atoms with Crippen molar-refractivity contribution in [2.45, 2.75) is 18.7 Å². The second kappa shape index (κ2) is 6.18. The van der Waals surface area contributed by atoms with E-state index in [1.54, 1.807) is 24.8 Å². The monoisotopic (exact) mass is 288 g/mol. The van der Waals surface area contributed by atoms with Crippen molar-refractivity contribution in [3.8, 4) is 0 Å². The van der Waals surface area contributed by atoms with Crippen LogP contribution in [0.5, 0.6) is 0 Å². The molecule has 15 heavy (non-hydrogen) atoms. The van der Waals surface area contributed by atoms with Crippen molar-refractivity contribution in [2.24, 2.45) is 0 Å². The SMILES string of the molecule is CCOC(=O)c1cccc(SCC)c1Br. The van der Waals surface area contributed by atoms with E-state index >= 15 is 0 Å². The first-order valence-corrected chi connectivity index (χ1v) is 6.57. The number of ether oxygens (including phenoxy) is 1. The minimum absolute atomic E-state index is 0.275. The van der Waals surface area contributed by atoms with Crippen molar-refractivity contribution in [3.05, 3.63) is 28.2 Å². The number of benzene rings is 1. The largest absolute Gasteiger partial charge is 0.462 e. The number of thioether (sulfide) groups is 1. The van der Waals surface area contributed by atoms with Crippen LogP contribution in [-0.4, -0.2) is 18.3 Å². The summed E-state index contributed by atoms with van der Waals surface area (Å²) in [6, 6.07) is 5.62. The number of hydrogen-bond acceptors (Lipinski definition) is 3. The summed E-state index contributed by atoms with van der Waals surface area (Å²) in [5, 5.41) is 0. The van der Waals surface area contributed by atoms with E-state index in [-0.39, 0.29) is 5.97 Å². The van der Waals surface area contributed by atoms with Gasteiger partial charge in [0, 0.05) is 9.37 Å². The first kappa shape index (κ1) is 12.6. The third kappa shape index (κ3) is 3.24. The summed E-state index contributed by atoms with van der Waals surface area (Å²) in [5.41, 5.74) is 0.593. The molecule has 0 saturated carbocycles. The summed E-state index contributed by atoms with van der Waals surface area (Å²) in [6.07, 6.45) is 0. The lowest BCUT2D eigenvalue weighted by molar-refractivity contribution is 0.0525. The Morgan fingerprint density at radius 1 is 1.47 bits per heavy atom. The number of esters is 1. The molecule has 82 valence electrons. The predicted molar refractivity (Wildman–Crippen MR) is 66.5 cm³/mol. The molecule has 1 aromatic carbocycles. The highest BCUT2D eigenvalue weighted by Crippen LogP contribution is 2.30. The molecule has 0 fully saturated rings. The maximum atomic E-state index is 11.6. The van der Waals surface area contributed by atoms with Crippen LogP contribution in [0, 0.1) is 0 Å². The Morgan fingerprint density at radius 3 is 2.80 bits per heavy atom. The minimum atomic E-state index is -0.275. The molecule has 0 radical (unpaired) electrons. The van der Waals surface area contributed by atoms with Crippen LogP contribution >= 0.6 is 27.7 Å². The van der Waals surface area contributed by atoms with Crippen LogP contribution < -0.4 is 0 Å². The second-order valence-corrected chi connectivity index (χ2v) is 4.87. The van der Waals surface area contributed by atoms with Gasteiger partial charge in [-0.15, -0.1) is 11.8 Å². The molecule has 4 heteroatoms. The third-order valence-corrected chi connectivity index (χ3v) is 3.82. The van der Waals surface area contributed by atoms with Crippen molar-refractivity contribution in [3.63, 3.8) is 0 Å². The molecular formula is C11H13BrO2S. The molecule has 0 saturated heterocycles. The zero-order valence-corrected chi connectivity index (χ0v) is 11.2. The molecule has 0 N–H and O–H groups in total. The van der Waals surface area contributed by atoms with Crippen molar-refractivity contribution in [2.75, 3.05) is 12.4 Å². The Bertz CT molecular complexity index is 352. The predicted octanol–water partition coefficient (Wildman–Crippen LogP) is 3.74. The van der Waals surface area contributed by atoms with E-state index in [0.717, 1.165) is 15.1 Å². The van der Waals surface area contributed by atoms with Crippen molar-refractivity contribution in [1.82, 2.24) is 0 Å². The number of rotatable bonds is 4. The second-order valence-electron chi connectivity index (χ2n) is 2.77. The first-order chi connectivity index (χ1) is 7.20. The van der Waals surface area contributed by atoms with E-state index < -0.39 is 0 Å². The topological polar surface area (TPSA) is 26.3 Å². The molecule has 0 bridgehead atoms. The summed E-state index contributed by atoms with van der Waals surface area (Å²) in [6.45, 7) is 4.28. The van der Waals surface area contributed by atoms with E-state index in [2.05, 4.69) is 22.9 Å². The normalized spacial score (nSPS) is 10.1. The molecule has 0 aliphatic carbocycles. The lowest BCUT2D eigenvalue weighted by atomic mass is 10.2. The summed E-state index contributed by atoms with van der Waals surface area (Å²) in [4.78, 5) is 12.6.